The van der Waals surface area contributed by atoms with Crippen molar-refractivity contribution in [3.8, 4) is 0 Å². The van der Waals surface area contributed by atoms with Crippen LogP contribution in [0.5, 0.6) is 0 Å². The Bertz CT molecular complexity index is 299. The van der Waals surface area contributed by atoms with Gasteiger partial charge in [-0.05, 0) is 24.8 Å². The maximum atomic E-state index is 12.4. The second kappa shape index (κ2) is 11.8. The lowest BCUT2D eigenvalue weighted by Gasteiger charge is -2.29. The molecule has 0 aromatic carbocycles. The Hall–Kier alpha value is -0.810. The van der Waals surface area contributed by atoms with Gasteiger partial charge in [0, 0.05) is 13.1 Å². The summed E-state index contributed by atoms with van der Waals surface area (Å²) in [4.78, 5) is 26.8. The highest BCUT2D eigenvalue weighted by atomic mass is 35.5. The summed E-state index contributed by atoms with van der Waals surface area (Å²) in [6, 6.07) is 0. The summed E-state index contributed by atoms with van der Waals surface area (Å²) in [6.45, 7) is 12.5. The fourth-order valence-electron chi connectivity index (χ4n) is 2.17. The molecule has 0 fully saturated rings. The first-order valence-electron chi connectivity index (χ1n) is 7.48. The van der Waals surface area contributed by atoms with E-state index in [-0.39, 0.29) is 31.4 Å². The molecule has 0 aromatic heterocycles. The summed E-state index contributed by atoms with van der Waals surface area (Å²) in [5, 5.41) is 8.89. The van der Waals surface area contributed by atoms with E-state index in [4.69, 9.17) is 5.11 Å². The summed E-state index contributed by atoms with van der Waals surface area (Å²) in [5.74, 6) is -0.0267. The molecule has 6 heteroatoms. The fraction of sp³-hybridized carbons (Fsp3) is 0.867. The fourth-order valence-corrected chi connectivity index (χ4v) is 2.17. The highest BCUT2D eigenvalue weighted by molar-refractivity contribution is 5.85. The molecule has 0 aromatic rings. The number of nitrogens with zero attached hydrogens (tertiary/aromatic N) is 2. The van der Waals surface area contributed by atoms with Crippen LogP contribution in [0.4, 0.5) is 0 Å². The molecule has 0 aliphatic rings. The molecule has 1 amide bonds. The van der Waals surface area contributed by atoms with Crippen LogP contribution in [0.1, 0.15) is 41.0 Å². The topological polar surface area (TPSA) is 60.9 Å². The molecule has 1 N–H and O–H groups in total. The Morgan fingerprint density at radius 2 is 1.48 bits per heavy atom. The smallest absolute Gasteiger partial charge is 0.317 e. The van der Waals surface area contributed by atoms with E-state index in [0.29, 0.717) is 18.4 Å². The van der Waals surface area contributed by atoms with Crippen LogP contribution in [0.15, 0.2) is 0 Å². The first-order valence-corrected chi connectivity index (χ1v) is 7.48. The van der Waals surface area contributed by atoms with Gasteiger partial charge in [-0.2, -0.15) is 0 Å². The third-order valence-corrected chi connectivity index (χ3v) is 2.78. The van der Waals surface area contributed by atoms with Crippen molar-refractivity contribution < 1.29 is 14.7 Å². The number of carbonyl (C=O) groups is 2. The number of carboxylic acid groups (broad SMARTS) is 1. The number of amides is 1. The Labute approximate surface area is 135 Å². The van der Waals surface area contributed by atoms with Crippen molar-refractivity contribution in [3.63, 3.8) is 0 Å². The van der Waals surface area contributed by atoms with Gasteiger partial charge < -0.3 is 10.0 Å². The molecule has 0 spiro atoms. The van der Waals surface area contributed by atoms with Gasteiger partial charge in [0.25, 0.3) is 0 Å². The first-order chi connectivity index (χ1) is 9.26. The zero-order valence-electron chi connectivity index (χ0n) is 14.0. The van der Waals surface area contributed by atoms with E-state index >= 15 is 0 Å². The Kier molecular flexibility index (Phi) is 12.6. The third-order valence-electron chi connectivity index (χ3n) is 2.78. The van der Waals surface area contributed by atoms with Crippen LogP contribution in [-0.2, 0) is 9.59 Å². The van der Waals surface area contributed by atoms with Gasteiger partial charge in [0.15, 0.2) is 0 Å². The third kappa shape index (κ3) is 11.5. The second-order valence-corrected chi connectivity index (χ2v) is 6.19. The standard InChI is InChI=1S/C15H30N2O3.ClH/c1-6-7-16(11-15(19)20)10-14(18)17(8-12(2)3)9-13(4)5;/h12-13H,6-11H2,1-5H3,(H,19,20);1H. The molecule has 0 rings (SSSR count). The van der Waals surface area contributed by atoms with Gasteiger partial charge >= 0.3 is 5.97 Å². The highest BCUT2D eigenvalue weighted by Crippen LogP contribution is 2.05. The van der Waals surface area contributed by atoms with Crippen molar-refractivity contribution in [1.29, 1.82) is 0 Å². The van der Waals surface area contributed by atoms with Crippen molar-refractivity contribution in [2.75, 3.05) is 32.7 Å². The molecule has 0 radical (unpaired) electrons. The molecular weight excluding hydrogens is 292 g/mol. The van der Waals surface area contributed by atoms with E-state index < -0.39 is 5.97 Å². The molecule has 126 valence electrons. The number of hydrogen-bond donors (Lipinski definition) is 1. The molecular formula is C15H31ClN2O3. The minimum Gasteiger partial charge on any atom is -0.480 e. The highest BCUT2D eigenvalue weighted by Gasteiger charge is 2.20. The van der Waals surface area contributed by atoms with Crippen LogP contribution in [0.2, 0.25) is 0 Å². The lowest BCUT2D eigenvalue weighted by molar-refractivity contribution is -0.140. The number of hydrogen-bond acceptors (Lipinski definition) is 3. The maximum Gasteiger partial charge on any atom is 0.317 e. The molecule has 0 saturated heterocycles. The average Bonchev–Trinajstić information content (AvgIpc) is 2.26. The molecule has 0 heterocycles. The predicted octanol–water partition coefficient (Wildman–Crippen LogP) is 2.35. The minimum atomic E-state index is -0.884. The molecule has 5 nitrogen and oxygen atoms in total. The SMILES string of the molecule is CCCN(CC(=O)O)CC(=O)N(CC(C)C)CC(C)C.Cl. The lowest BCUT2D eigenvalue weighted by atomic mass is 10.1. The van der Waals surface area contributed by atoms with E-state index in [1.807, 2.05) is 11.8 Å². The second-order valence-electron chi connectivity index (χ2n) is 6.19. The Morgan fingerprint density at radius 3 is 1.81 bits per heavy atom. The molecule has 21 heavy (non-hydrogen) atoms. The largest absolute Gasteiger partial charge is 0.480 e. The number of rotatable bonds is 10. The summed E-state index contributed by atoms with van der Waals surface area (Å²) < 4.78 is 0. The Balaban J connectivity index is 0. The van der Waals surface area contributed by atoms with Gasteiger partial charge in [0.1, 0.15) is 0 Å². The Morgan fingerprint density at radius 1 is 1.00 bits per heavy atom. The van der Waals surface area contributed by atoms with Crippen molar-refractivity contribution >= 4 is 24.3 Å². The monoisotopic (exact) mass is 322 g/mol. The van der Waals surface area contributed by atoms with Gasteiger partial charge in [-0.3, -0.25) is 14.5 Å². The van der Waals surface area contributed by atoms with Gasteiger partial charge in [-0.25, -0.2) is 0 Å². The molecule has 0 aliphatic carbocycles. The quantitative estimate of drug-likeness (QED) is 0.670. The number of carbonyl (C=O) groups excluding carboxylic acids is 1. The van der Waals surface area contributed by atoms with Crippen molar-refractivity contribution in [2.45, 2.75) is 41.0 Å². The van der Waals surface area contributed by atoms with Crippen molar-refractivity contribution in [1.82, 2.24) is 9.80 Å². The van der Waals surface area contributed by atoms with Crippen molar-refractivity contribution in [2.24, 2.45) is 11.8 Å². The van der Waals surface area contributed by atoms with Crippen molar-refractivity contribution in [3.05, 3.63) is 0 Å². The van der Waals surface area contributed by atoms with Gasteiger partial charge in [0.05, 0.1) is 13.1 Å². The molecule has 0 unspecified atom stereocenters. The van der Waals surface area contributed by atoms with Crippen LogP contribution in [0.25, 0.3) is 0 Å². The summed E-state index contributed by atoms with van der Waals surface area (Å²) in [7, 11) is 0. The average molecular weight is 323 g/mol. The minimum absolute atomic E-state index is 0. The van der Waals surface area contributed by atoms with E-state index in [2.05, 4.69) is 27.7 Å². The maximum absolute atomic E-state index is 12.4. The first kappa shape index (κ1) is 22.5. The van der Waals surface area contributed by atoms with Crippen LogP contribution in [-0.4, -0.2) is 59.5 Å². The zero-order valence-corrected chi connectivity index (χ0v) is 14.8. The van der Waals surface area contributed by atoms with E-state index in [9.17, 15) is 9.59 Å². The van der Waals surface area contributed by atoms with Crippen LogP contribution >= 0.6 is 12.4 Å². The van der Waals surface area contributed by atoms with E-state index in [1.165, 1.54) is 0 Å². The zero-order chi connectivity index (χ0) is 15.7. The summed E-state index contributed by atoms with van der Waals surface area (Å²) in [6.07, 6.45) is 0.842. The van der Waals surface area contributed by atoms with Gasteiger partial charge in [0.2, 0.25) is 5.91 Å². The normalized spacial score (nSPS) is 10.9. The number of halogens is 1. The van der Waals surface area contributed by atoms with Gasteiger partial charge in [-0.1, -0.05) is 34.6 Å². The molecule has 0 aliphatic heterocycles. The van der Waals surface area contributed by atoms with Crippen LogP contribution in [0, 0.1) is 11.8 Å². The van der Waals surface area contributed by atoms with Gasteiger partial charge in [-0.15, -0.1) is 12.4 Å². The summed E-state index contributed by atoms with van der Waals surface area (Å²) >= 11 is 0. The lowest BCUT2D eigenvalue weighted by Crippen LogP contribution is -2.45. The summed E-state index contributed by atoms with van der Waals surface area (Å²) in [5.41, 5.74) is 0. The molecule has 0 bridgehead atoms. The molecule has 0 saturated carbocycles. The van der Waals surface area contributed by atoms with Crippen LogP contribution in [0.3, 0.4) is 0 Å². The molecule has 0 atom stereocenters. The number of aliphatic carboxylic acids is 1. The predicted molar refractivity (Wildman–Crippen MR) is 87.9 cm³/mol. The van der Waals surface area contributed by atoms with Crippen LogP contribution < -0.4 is 0 Å². The van der Waals surface area contributed by atoms with E-state index in [0.717, 1.165) is 19.5 Å². The number of carboxylic acids is 1. The van der Waals surface area contributed by atoms with E-state index in [1.54, 1.807) is 4.90 Å².